The Hall–Kier alpha value is -2.73. The zero-order valence-electron chi connectivity index (χ0n) is 15.9. The van der Waals surface area contributed by atoms with Gasteiger partial charge in [0.2, 0.25) is 0 Å². The second-order valence-corrected chi connectivity index (χ2v) is 7.90. The molecule has 6 heteroatoms. The van der Waals surface area contributed by atoms with E-state index in [0.717, 1.165) is 43.7 Å². The molecule has 0 saturated heterocycles. The Morgan fingerprint density at radius 3 is 2.50 bits per heavy atom. The van der Waals surface area contributed by atoms with Crippen molar-refractivity contribution in [3.05, 3.63) is 71.0 Å². The van der Waals surface area contributed by atoms with Gasteiger partial charge < -0.3 is 5.11 Å². The van der Waals surface area contributed by atoms with Gasteiger partial charge in [0.1, 0.15) is 5.75 Å². The van der Waals surface area contributed by atoms with Crippen molar-refractivity contribution < 1.29 is 5.11 Å². The molecule has 1 aliphatic carbocycles. The summed E-state index contributed by atoms with van der Waals surface area (Å²) >= 11 is 0. The van der Waals surface area contributed by atoms with E-state index in [9.17, 15) is 5.11 Å². The summed E-state index contributed by atoms with van der Waals surface area (Å²) in [6, 6.07) is 16.5. The summed E-state index contributed by atoms with van der Waals surface area (Å²) in [7, 11) is 0. The number of nitrogens with zero attached hydrogens (tertiary/aromatic N) is 5. The topological polar surface area (TPSA) is 67.1 Å². The van der Waals surface area contributed by atoms with Crippen LogP contribution in [0.15, 0.2) is 48.5 Å². The molecule has 1 aliphatic heterocycles. The van der Waals surface area contributed by atoms with Crippen LogP contribution in [0.1, 0.15) is 60.3 Å². The maximum atomic E-state index is 9.78. The number of aromatic hydroxyl groups is 1. The molecule has 2 aromatic carbocycles. The molecule has 1 saturated carbocycles. The molecule has 1 atom stereocenters. The van der Waals surface area contributed by atoms with Gasteiger partial charge in [0.25, 0.3) is 0 Å². The SMILES string of the molecule is Oc1ccc([C@H](c2nnnn2C2CCCC2)N2CCc3ccccc3C2)cc1. The monoisotopic (exact) mass is 375 g/mol. The standard InChI is InChI=1S/C22H25N5O/c28-20-11-9-17(10-12-20)21(22-23-24-25-27(22)19-7-3-4-8-19)26-14-13-16-5-1-2-6-18(16)15-26/h1-2,5-6,9-12,19,21,28H,3-4,7-8,13-15H2/t21-/m1/s1. The average molecular weight is 375 g/mol. The molecule has 0 unspecified atom stereocenters. The van der Waals surface area contributed by atoms with Gasteiger partial charge in [-0.05, 0) is 58.5 Å². The fraction of sp³-hybridized carbons (Fsp3) is 0.409. The van der Waals surface area contributed by atoms with Crippen LogP contribution >= 0.6 is 0 Å². The van der Waals surface area contributed by atoms with Gasteiger partial charge in [-0.3, -0.25) is 4.90 Å². The maximum absolute atomic E-state index is 9.78. The number of phenols is 1. The van der Waals surface area contributed by atoms with E-state index in [1.54, 1.807) is 12.1 Å². The van der Waals surface area contributed by atoms with Crippen LogP contribution in [0.5, 0.6) is 5.75 Å². The third-order valence-electron chi connectivity index (χ3n) is 6.17. The predicted octanol–water partition coefficient (Wildman–Crippen LogP) is 3.64. The van der Waals surface area contributed by atoms with Crippen LogP contribution in [0.2, 0.25) is 0 Å². The minimum absolute atomic E-state index is 0.0236. The molecule has 0 amide bonds. The maximum Gasteiger partial charge on any atom is 0.173 e. The zero-order chi connectivity index (χ0) is 18.9. The Morgan fingerprint density at radius 1 is 0.964 bits per heavy atom. The number of hydrogen-bond acceptors (Lipinski definition) is 5. The lowest BCUT2D eigenvalue weighted by Crippen LogP contribution is -2.36. The molecule has 1 N–H and O–H groups in total. The molecule has 0 bridgehead atoms. The van der Waals surface area contributed by atoms with Crippen molar-refractivity contribution in [1.82, 2.24) is 25.1 Å². The van der Waals surface area contributed by atoms with Crippen LogP contribution < -0.4 is 0 Å². The highest BCUT2D eigenvalue weighted by molar-refractivity contribution is 5.34. The summed E-state index contributed by atoms with van der Waals surface area (Å²) in [5, 5.41) is 22.7. The first-order chi connectivity index (χ1) is 13.8. The largest absolute Gasteiger partial charge is 0.508 e. The van der Waals surface area contributed by atoms with Gasteiger partial charge in [0.05, 0.1) is 12.1 Å². The second kappa shape index (κ2) is 7.36. The van der Waals surface area contributed by atoms with Gasteiger partial charge in [-0.25, -0.2) is 4.68 Å². The smallest absolute Gasteiger partial charge is 0.173 e. The number of fused-ring (bicyclic) bond motifs is 1. The molecule has 1 aromatic heterocycles. The molecule has 3 aromatic rings. The summed E-state index contributed by atoms with van der Waals surface area (Å²) < 4.78 is 2.06. The normalized spacial score (nSPS) is 18.9. The quantitative estimate of drug-likeness (QED) is 0.754. The average Bonchev–Trinajstić information content (AvgIpc) is 3.41. The molecule has 2 heterocycles. The van der Waals surface area contributed by atoms with Crippen molar-refractivity contribution in [2.24, 2.45) is 0 Å². The zero-order valence-corrected chi connectivity index (χ0v) is 15.9. The third kappa shape index (κ3) is 3.18. The van der Waals surface area contributed by atoms with Gasteiger partial charge >= 0.3 is 0 Å². The number of phenolic OH excluding ortho intramolecular Hbond substituents is 1. The molecule has 0 radical (unpaired) electrons. The molecular formula is C22H25N5O. The lowest BCUT2D eigenvalue weighted by atomic mass is 9.96. The minimum Gasteiger partial charge on any atom is -0.508 e. The first-order valence-corrected chi connectivity index (χ1v) is 10.2. The Morgan fingerprint density at radius 2 is 1.71 bits per heavy atom. The highest BCUT2D eigenvalue weighted by Crippen LogP contribution is 2.36. The van der Waals surface area contributed by atoms with E-state index in [2.05, 4.69) is 49.4 Å². The lowest BCUT2D eigenvalue weighted by Gasteiger charge is -2.35. The van der Waals surface area contributed by atoms with Crippen molar-refractivity contribution in [1.29, 1.82) is 0 Å². The Bertz CT molecular complexity index is 946. The molecule has 2 aliphatic rings. The molecule has 6 nitrogen and oxygen atoms in total. The van der Waals surface area contributed by atoms with E-state index in [1.807, 2.05) is 12.1 Å². The van der Waals surface area contributed by atoms with Gasteiger partial charge in [0.15, 0.2) is 5.82 Å². The van der Waals surface area contributed by atoms with Crippen LogP contribution in [0.25, 0.3) is 0 Å². The number of aromatic nitrogens is 4. The van der Waals surface area contributed by atoms with E-state index >= 15 is 0 Å². The minimum atomic E-state index is -0.0236. The van der Waals surface area contributed by atoms with E-state index in [1.165, 1.54) is 24.0 Å². The van der Waals surface area contributed by atoms with E-state index in [-0.39, 0.29) is 11.8 Å². The summed E-state index contributed by atoms with van der Waals surface area (Å²) in [4.78, 5) is 2.46. The van der Waals surface area contributed by atoms with Gasteiger partial charge in [0, 0.05) is 13.1 Å². The van der Waals surface area contributed by atoms with Gasteiger partial charge in [-0.15, -0.1) is 5.10 Å². The second-order valence-electron chi connectivity index (χ2n) is 7.90. The number of hydrogen-bond donors (Lipinski definition) is 1. The van der Waals surface area contributed by atoms with Crippen LogP contribution in [0.3, 0.4) is 0 Å². The van der Waals surface area contributed by atoms with Crippen LogP contribution in [-0.2, 0) is 13.0 Å². The summed E-state index contributed by atoms with van der Waals surface area (Å²) in [5.41, 5.74) is 3.92. The summed E-state index contributed by atoms with van der Waals surface area (Å²) in [6.07, 6.45) is 5.79. The van der Waals surface area contributed by atoms with Crippen molar-refractivity contribution in [2.45, 2.75) is 50.7 Å². The van der Waals surface area contributed by atoms with Crippen molar-refractivity contribution in [3.8, 4) is 5.75 Å². The van der Waals surface area contributed by atoms with Crippen LogP contribution in [0.4, 0.5) is 0 Å². The van der Waals surface area contributed by atoms with Crippen molar-refractivity contribution in [3.63, 3.8) is 0 Å². The van der Waals surface area contributed by atoms with Crippen LogP contribution in [-0.4, -0.2) is 36.8 Å². The Labute approximate surface area is 164 Å². The Kier molecular flexibility index (Phi) is 4.56. The lowest BCUT2D eigenvalue weighted by molar-refractivity contribution is 0.191. The third-order valence-corrected chi connectivity index (χ3v) is 6.17. The van der Waals surface area contributed by atoms with E-state index in [0.29, 0.717) is 6.04 Å². The van der Waals surface area contributed by atoms with Gasteiger partial charge in [-0.1, -0.05) is 49.2 Å². The molecule has 1 fully saturated rings. The van der Waals surface area contributed by atoms with E-state index < -0.39 is 0 Å². The van der Waals surface area contributed by atoms with Gasteiger partial charge in [-0.2, -0.15) is 0 Å². The first kappa shape index (κ1) is 17.4. The highest BCUT2D eigenvalue weighted by atomic mass is 16.3. The number of tetrazole rings is 1. The number of rotatable bonds is 4. The molecule has 144 valence electrons. The highest BCUT2D eigenvalue weighted by Gasteiger charge is 2.32. The summed E-state index contributed by atoms with van der Waals surface area (Å²) in [6.45, 7) is 1.83. The predicted molar refractivity (Wildman–Crippen MR) is 106 cm³/mol. The fourth-order valence-electron chi connectivity index (χ4n) is 4.71. The summed E-state index contributed by atoms with van der Waals surface area (Å²) in [5.74, 6) is 1.19. The molecule has 0 spiro atoms. The van der Waals surface area contributed by atoms with Crippen LogP contribution in [0, 0.1) is 0 Å². The number of benzene rings is 2. The van der Waals surface area contributed by atoms with Crippen molar-refractivity contribution in [2.75, 3.05) is 6.54 Å². The van der Waals surface area contributed by atoms with E-state index in [4.69, 9.17) is 0 Å². The molecule has 5 rings (SSSR count). The fourth-order valence-corrected chi connectivity index (χ4v) is 4.71. The Balaban J connectivity index is 1.55. The molecular weight excluding hydrogens is 350 g/mol. The first-order valence-electron chi connectivity index (χ1n) is 10.2. The van der Waals surface area contributed by atoms with Crippen molar-refractivity contribution >= 4 is 0 Å². The molecule has 28 heavy (non-hydrogen) atoms.